The molecule has 0 fully saturated rings. The molecule has 132 valence electrons. The maximum atomic E-state index is 9.83. The van der Waals surface area contributed by atoms with E-state index in [1.807, 2.05) is 0 Å². The largest absolute Gasteiger partial charge is 4.00 e. The molecular formula is C14H24O8Ti. The molecule has 0 N–H and O–H groups in total. The van der Waals surface area contributed by atoms with Gasteiger partial charge in [0.1, 0.15) is 11.6 Å². The topological polar surface area (TPSA) is 161 Å². The SMILES string of the molecule is CC(=O)CC(=O)[O-].CC(=O)CC(=O)[O-].CC(C)[O-].CC(C)[O-].[Ti+4]. The number of carboxylic acids is 2. The summed E-state index contributed by atoms with van der Waals surface area (Å²) in [5.74, 6) is -3.37. The second kappa shape index (κ2) is 23.2. The second-order valence-corrected chi connectivity index (χ2v) is 4.60. The molecule has 0 saturated carbocycles. The fourth-order valence-corrected chi connectivity index (χ4v) is 0.407. The molecule has 0 aliphatic carbocycles. The van der Waals surface area contributed by atoms with Gasteiger partial charge in [-0.1, -0.05) is 27.7 Å². The summed E-state index contributed by atoms with van der Waals surface area (Å²) in [5, 5.41) is 38.0. The number of ketones is 2. The summed E-state index contributed by atoms with van der Waals surface area (Å²) in [5.41, 5.74) is 0. The average molecular weight is 368 g/mol. The van der Waals surface area contributed by atoms with Crippen LogP contribution in [-0.2, 0) is 40.9 Å². The monoisotopic (exact) mass is 368 g/mol. The van der Waals surface area contributed by atoms with Crippen LogP contribution in [0.3, 0.4) is 0 Å². The molecule has 0 unspecified atom stereocenters. The first-order valence-electron chi connectivity index (χ1n) is 6.42. The number of carboxylic acid groups (broad SMARTS) is 2. The van der Waals surface area contributed by atoms with Gasteiger partial charge >= 0.3 is 21.7 Å². The van der Waals surface area contributed by atoms with E-state index in [0.717, 1.165) is 0 Å². The Balaban J connectivity index is -0.0000000639. The zero-order valence-corrected chi connectivity index (χ0v) is 15.9. The summed E-state index contributed by atoms with van der Waals surface area (Å²) in [6.45, 7) is 8.85. The van der Waals surface area contributed by atoms with E-state index in [0.29, 0.717) is 0 Å². The third-order valence-corrected chi connectivity index (χ3v) is 0.787. The molecule has 0 spiro atoms. The maximum absolute atomic E-state index is 9.83. The van der Waals surface area contributed by atoms with Crippen LogP contribution in [0.4, 0.5) is 0 Å². The van der Waals surface area contributed by atoms with Crippen LogP contribution < -0.4 is 20.4 Å². The molecule has 0 radical (unpaired) electrons. The van der Waals surface area contributed by atoms with Crippen LogP contribution in [0, 0.1) is 0 Å². The third-order valence-electron chi connectivity index (χ3n) is 0.787. The molecule has 0 aromatic heterocycles. The van der Waals surface area contributed by atoms with Crippen LogP contribution in [0.1, 0.15) is 54.4 Å². The first kappa shape index (κ1) is 33.5. The smallest absolute Gasteiger partial charge is 0.852 e. The van der Waals surface area contributed by atoms with Crippen LogP contribution in [0.25, 0.3) is 0 Å². The Hall–Kier alpha value is -1.09. The maximum Gasteiger partial charge on any atom is 4.00 e. The van der Waals surface area contributed by atoms with Crippen molar-refractivity contribution in [3.63, 3.8) is 0 Å². The van der Waals surface area contributed by atoms with Crippen molar-refractivity contribution in [3.05, 3.63) is 0 Å². The molecule has 0 aliphatic rings. The standard InChI is InChI=1S/2C4H6O3.2C3H7O.Ti/c2*1-3(5)2-4(6)7;2*1-3(2)4;/h2*2H2,1H3,(H,6,7);2*3H,1-2H3;/q;;2*-1;+4/p-2. The van der Waals surface area contributed by atoms with Crippen LogP contribution in [0.5, 0.6) is 0 Å². The third kappa shape index (κ3) is 157. The molecule has 8 nitrogen and oxygen atoms in total. The Morgan fingerprint density at radius 3 is 0.826 bits per heavy atom. The number of Topliss-reactive ketones (excluding diaryl/α,β-unsaturated/α-hetero) is 2. The second-order valence-electron chi connectivity index (χ2n) is 4.60. The summed E-state index contributed by atoms with van der Waals surface area (Å²) in [4.78, 5) is 38.6. The van der Waals surface area contributed by atoms with Gasteiger partial charge in [0.05, 0.1) is 0 Å². The van der Waals surface area contributed by atoms with E-state index in [1.165, 1.54) is 13.8 Å². The number of carbonyl (C=O) groups is 4. The van der Waals surface area contributed by atoms with Crippen LogP contribution in [-0.4, -0.2) is 35.7 Å². The Morgan fingerprint density at radius 2 is 0.826 bits per heavy atom. The van der Waals surface area contributed by atoms with Gasteiger partial charge in [0.15, 0.2) is 0 Å². The fourth-order valence-electron chi connectivity index (χ4n) is 0.407. The van der Waals surface area contributed by atoms with Crippen LogP contribution in [0.15, 0.2) is 0 Å². The van der Waals surface area contributed by atoms with Crippen molar-refractivity contribution in [2.75, 3.05) is 0 Å². The van der Waals surface area contributed by atoms with Gasteiger partial charge in [0.25, 0.3) is 0 Å². The molecule has 0 rings (SSSR count). The fraction of sp³-hybridized carbons (Fsp3) is 0.714. The number of aliphatic carboxylic acids is 2. The summed E-state index contributed by atoms with van der Waals surface area (Å²) in [7, 11) is 0. The van der Waals surface area contributed by atoms with Crippen molar-refractivity contribution < 1.29 is 61.3 Å². The van der Waals surface area contributed by atoms with Gasteiger partial charge in [0, 0.05) is 24.8 Å². The van der Waals surface area contributed by atoms with Gasteiger partial charge in [0.2, 0.25) is 0 Å². The van der Waals surface area contributed by atoms with Crippen molar-refractivity contribution in [1.82, 2.24) is 0 Å². The van der Waals surface area contributed by atoms with E-state index in [1.54, 1.807) is 27.7 Å². The van der Waals surface area contributed by atoms with Gasteiger partial charge in [-0.3, -0.25) is 9.59 Å². The summed E-state index contributed by atoms with van der Waals surface area (Å²) >= 11 is 0. The molecular weight excluding hydrogens is 344 g/mol. The Kier molecular flexibility index (Phi) is 33.8. The van der Waals surface area contributed by atoms with E-state index in [4.69, 9.17) is 0 Å². The molecule has 0 saturated heterocycles. The molecule has 0 amide bonds. The summed E-state index contributed by atoms with van der Waals surface area (Å²) in [6.07, 6.45) is -1.78. The molecule has 0 aliphatic heterocycles. The summed E-state index contributed by atoms with van der Waals surface area (Å²) in [6, 6.07) is 0. The average Bonchev–Trinajstić information content (AvgIpc) is 2.10. The van der Waals surface area contributed by atoms with Gasteiger partial charge in [-0.05, 0) is 13.8 Å². The van der Waals surface area contributed by atoms with Gasteiger partial charge in [-0.25, -0.2) is 0 Å². The quantitative estimate of drug-likeness (QED) is 0.373. The molecule has 0 bridgehead atoms. The molecule has 9 heteroatoms. The number of hydrogen-bond acceptors (Lipinski definition) is 8. The normalized spacial score (nSPS) is 8.09. The van der Waals surface area contributed by atoms with E-state index in [2.05, 4.69) is 0 Å². The number of hydrogen-bond donors (Lipinski definition) is 0. The number of carbonyl (C=O) groups excluding carboxylic acids is 4. The zero-order chi connectivity index (χ0) is 18.9. The molecule has 23 heavy (non-hydrogen) atoms. The van der Waals surface area contributed by atoms with Gasteiger partial charge < -0.3 is 30.0 Å². The Labute approximate surface area is 151 Å². The van der Waals surface area contributed by atoms with E-state index in [-0.39, 0.29) is 33.3 Å². The van der Waals surface area contributed by atoms with Crippen LogP contribution >= 0.6 is 0 Å². The predicted molar refractivity (Wildman–Crippen MR) is 70.9 cm³/mol. The van der Waals surface area contributed by atoms with Crippen molar-refractivity contribution in [3.8, 4) is 0 Å². The van der Waals surface area contributed by atoms with Crippen molar-refractivity contribution in [2.45, 2.75) is 66.6 Å². The first-order valence-corrected chi connectivity index (χ1v) is 6.42. The predicted octanol–water partition coefficient (Wildman–Crippen LogP) is -3.06. The molecule has 0 aromatic carbocycles. The molecule has 0 heterocycles. The van der Waals surface area contributed by atoms with E-state index >= 15 is 0 Å². The minimum Gasteiger partial charge on any atom is -0.852 e. The van der Waals surface area contributed by atoms with Gasteiger partial charge in [-0.2, -0.15) is 0 Å². The zero-order valence-electron chi connectivity index (χ0n) is 14.3. The van der Waals surface area contributed by atoms with E-state index < -0.39 is 37.0 Å². The van der Waals surface area contributed by atoms with Crippen molar-refractivity contribution in [1.29, 1.82) is 0 Å². The minimum atomic E-state index is -1.31. The number of rotatable bonds is 4. The Morgan fingerprint density at radius 1 is 0.696 bits per heavy atom. The summed E-state index contributed by atoms with van der Waals surface area (Å²) < 4.78 is 0. The van der Waals surface area contributed by atoms with Crippen molar-refractivity contribution >= 4 is 23.5 Å². The minimum absolute atomic E-state index is 0. The first-order chi connectivity index (χ1) is 9.72. The Bertz CT molecular complexity index is 265. The molecule has 0 atom stereocenters. The van der Waals surface area contributed by atoms with E-state index in [9.17, 15) is 39.6 Å². The molecule has 0 aromatic rings. The van der Waals surface area contributed by atoms with Gasteiger partial charge in [-0.15, -0.1) is 12.2 Å². The van der Waals surface area contributed by atoms with Crippen molar-refractivity contribution in [2.24, 2.45) is 0 Å². The van der Waals surface area contributed by atoms with Crippen LogP contribution in [0.2, 0.25) is 0 Å².